The van der Waals surface area contributed by atoms with Crippen LogP contribution < -0.4 is 5.32 Å². The van der Waals surface area contributed by atoms with Crippen LogP contribution >= 0.6 is 0 Å². The fourth-order valence-corrected chi connectivity index (χ4v) is 2.94. The summed E-state index contributed by atoms with van der Waals surface area (Å²) in [6, 6.07) is 8.51. The molecule has 0 bridgehead atoms. The van der Waals surface area contributed by atoms with E-state index in [9.17, 15) is 5.11 Å². The van der Waals surface area contributed by atoms with E-state index in [1.54, 1.807) is 12.1 Å². The van der Waals surface area contributed by atoms with Gasteiger partial charge in [-0.2, -0.15) is 0 Å². The number of benzene rings is 1. The second-order valence-corrected chi connectivity index (χ2v) is 5.85. The van der Waals surface area contributed by atoms with E-state index < -0.39 is 0 Å². The Bertz CT molecular complexity index is 371. The van der Waals surface area contributed by atoms with E-state index in [1.807, 2.05) is 12.1 Å². The predicted octanol–water partition coefficient (Wildman–Crippen LogP) is 2.40. The van der Waals surface area contributed by atoms with E-state index in [0.29, 0.717) is 17.8 Å². The molecule has 0 spiro atoms. The van der Waals surface area contributed by atoms with Gasteiger partial charge >= 0.3 is 0 Å². The van der Waals surface area contributed by atoms with E-state index in [-0.39, 0.29) is 0 Å². The Kier molecular flexibility index (Phi) is 5.23. The Morgan fingerprint density at radius 1 is 1.11 bits per heavy atom. The van der Waals surface area contributed by atoms with Crippen molar-refractivity contribution in [3.8, 4) is 5.75 Å². The Morgan fingerprint density at radius 3 is 2.37 bits per heavy atom. The van der Waals surface area contributed by atoms with Gasteiger partial charge in [-0.1, -0.05) is 12.1 Å². The van der Waals surface area contributed by atoms with Crippen molar-refractivity contribution in [1.82, 2.24) is 10.2 Å². The maximum Gasteiger partial charge on any atom is 0.115 e. The quantitative estimate of drug-likeness (QED) is 0.826. The van der Waals surface area contributed by atoms with Gasteiger partial charge in [-0.15, -0.1) is 0 Å². The monoisotopic (exact) mass is 262 g/mol. The lowest BCUT2D eigenvalue weighted by Gasteiger charge is -2.24. The first-order valence-electron chi connectivity index (χ1n) is 7.40. The van der Waals surface area contributed by atoms with Crippen molar-refractivity contribution in [2.75, 3.05) is 19.6 Å². The normalized spacial score (nSPS) is 19.5. The minimum absolute atomic E-state index is 0.340. The average Bonchev–Trinajstić information content (AvgIpc) is 2.84. The van der Waals surface area contributed by atoms with Gasteiger partial charge in [-0.3, -0.25) is 0 Å². The third kappa shape index (κ3) is 4.84. The van der Waals surface area contributed by atoms with Gasteiger partial charge in [0.1, 0.15) is 5.75 Å². The van der Waals surface area contributed by atoms with E-state index in [1.165, 1.54) is 31.5 Å². The minimum Gasteiger partial charge on any atom is -0.508 e. The second-order valence-electron chi connectivity index (χ2n) is 5.85. The Hall–Kier alpha value is -1.06. The molecule has 1 fully saturated rings. The molecule has 0 amide bonds. The van der Waals surface area contributed by atoms with Crippen LogP contribution in [-0.4, -0.2) is 41.7 Å². The molecular formula is C16H26N2O. The zero-order valence-corrected chi connectivity index (χ0v) is 12.1. The molecule has 2 atom stereocenters. The third-order valence-corrected chi connectivity index (χ3v) is 3.78. The van der Waals surface area contributed by atoms with Crippen LogP contribution in [0.3, 0.4) is 0 Å². The van der Waals surface area contributed by atoms with Gasteiger partial charge in [0, 0.05) is 18.6 Å². The number of rotatable bonds is 6. The standard InChI is InChI=1S/C16H26N2O/c1-13(11-15-5-7-16(19)8-6-15)17-14(2)12-18-9-3-4-10-18/h5-8,13-14,17,19H,3-4,9-12H2,1-2H3. The van der Waals surface area contributed by atoms with Crippen LogP contribution in [0, 0.1) is 0 Å². The third-order valence-electron chi connectivity index (χ3n) is 3.78. The van der Waals surface area contributed by atoms with Crippen LogP contribution in [0.15, 0.2) is 24.3 Å². The maximum atomic E-state index is 9.27. The van der Waals surface area contributed by atoms with Gasteiger partial charge in [0.2, 0.25) is 0 Å². The Balaban J connectivity index is 1.73. The molecule has 2 unspecified atom stereocenters. The van der Waals surface area contributed by atoms with Crippen molar-refractivity contribution < 1.29 is 5.11 Å². The number of phenols is 1. The van der Waals surface area contributed by atoms with E-state index >= 15 is 0 Å². The molecular weight excluding hydrogens is 236 g/mol. The summed E-state index contributed by atoms with van der Waals surface area (Å²) < 4.78 is 0. The minimum atomic E-state index is 0.340. The van der Waals surface area contributed by atoms with Gasteiger partial charge in [-0.05, 0) is 63.9 Å². The van der Waals surface area contributed by atoms with Crippen molar-refractivity contribution in [2.24, 2.45) is 0 Å². The molecule has 0 aromatic heterocycles. The van der Waals surface area contributed by atoms with Crippen LogP contribution in [0.25, 0.3) is 0 Å². The summed E-state index contributed by atoms with van der Waals surface area (Å²) in [5, 5.41) is 12.9. The largest absolute Gasteiger partial charge is 0.508 e. The first kappa shape index (κ1) is 14.4. The molecule has 1 aliphatic rings. The fourth-order valence-electron chi connectivity index (χ4n) is 2.94. The molecule has 1 aromatic rings. The number of hydrogen-bond donors (Lipinski definition) is 2. The lowest BCUT2D eigenvalue weighted by molar-refractivity contribution is 0.288. The Labute approximate surface area is 116 Å². The summed E-state index contributed by atoms with van der Waals surface area (Å²) in [5.41, 5.74) is 1.27. The highest BCUT2D eigenvalue weighted by Crippen LogP contribution is 2.12. The Morgan fingerprint density at radius 2 is 1.74 bits per heavy atom. The molecule has 1 aliphatic heterocycles. The number of nitrogens with one attached hydrogen (secondary N) is 1. The van der Waals surface area contributed by atoms with Crippen LogP contribution in [0.4, 0.5) is 0 Å². The molecule has 2 N–H and O–H groups in total. The first-order chi connectivity index (χ1) is 9.13. The maximum absolute atomic E-state index is 9.27. The first-order valence-corrected chi connectivity index (χ1v) is 7.40. The molecule has 1 aromatic carbocycles. The zero-order chi connectivity index (χ0) is 13.7. The van der Waals surface area contributed by atoms with Crippen molar-refractivity contribution in [3.05, 3.63) is 29.8 Å². The van der Waals surface area contributed by atoms with Crippen molar-refractivity contribution >= 4 is 0 Å². The summed E-state index contributed by atoms with van der Waals surface area (Å²) in [7, 11) is 0. The van der Waals surface area contributed by atoms with Crippen molar-refractivity contribution in [3.63, 3.8) is 0 Å². The van der Waals surface area contributed by atoms with E-state index in [2.05, 4.69) is 24.1 Å². The molecule has 3 nitrogen and oxygen atoms in total. The summed E-state index contributed by atoms with van der Waals surface area (Å²) >= 11 is 0. The molecule has 2 rings (SSSR count). The zero-order valence-electron chi connectivity index (χ0n) is 12.1. The highest BCUT2D eigenvalue weighted by molar-refractivity contribution is 5.26. The van der Waals surface area contributed by atoms with Gasteiger partial charge < -0.3 is 15.3 Å². The molecule has 3 heteroatoms. The summed E-state index contributed by atoms with van der Waals surface area (Å²) in [6.45, 7) is 8.18. The molecule has 1 heterocycles. The topological polar surface area (TPSA) is 35.5 Å². The fraction of sp³-hybridized carbons (Fsp3) is 0.625. The molecule has 0 saturated carbocycles. The number of likely N-dealkylation sites (tertiary alicyclic amines) is 1. The van der Waals surface area contributed by atoms with E-state index in [0.717, 1.165) is 13.0 Å². The summed E-state index contributed by atoms with van der Waals surface area (Å²) in [5.74, 6) is 0.340. The summed E-state index contributed by atoms with van der Waals surface area (Å²) in [6.07, 6.45) is 3.72. The number of hydrogen-bond acceptors (Lipinski definition) is 3. The van der Waals surface area contributed by atoms with Crippen LogP contribution in [0.2, 0.25) is 0 Å². The lowest BCUT2D eigenvalue weighted by atomic mass is 10.1. The van der Waals surface area contributed by atoms with Gasteiger partial charge in [-0.25, -0.2) is 0 Å². The van der Waals surface area contributed by atoms with Crippen LogP contribution in [-0.2, 0) is 6.42 Å². The number of phenolic OH excluding ortho intramolecular Hbond substituents is 1. The van der Waals surface area contributed by atoms with Crippen LogP contribution in [0.5, 0.6) is 5.75 Å². The molecule has 106 valence electrons. The van der Waals surface area contributed by atoms with Gasteiger partial charge in [0.25, 0.3) is 0 Å². The number of aromatic hydroxyl groups is 1. The molecule has 0 aliphatic carbocycles. The lowest BCUT2D eigenvalue weighted by Crippen LogP contribution is -2.42. The van der Waals surface area contributed by atoms with Crippen LogP contribution in [0.1, 0.15) is 32.3 Å². The highest BCUT2D eigenvalue weighted by atomic mass is 16.3. The van der Waals surface area contributed by atoms with Gasteiger partial charge in [0.05, 0.1) is 0 Å². The SMILES string of the molecule is CC(Cc1ccc(O)cc1)NC(C)CN1CCCC1. The van der Waals surface area contributed by atoms with Crippen molar-refractivity contribution in [1.29, 1.82) is 0 Å². The smallest absolute Gasteiger partial charge is 0.115 e. The molecule has 0 radical (unpaired) electrons. The van der Waals surface area contributed by atoms with Gasteiger partial charge in [0.15, 0.2) is 0 Å². The second kappa shape index (κ2) is 6.92. The highest BCUT2D eigenvalue weighted by Gasteiger charge is 2.15. The average molecular weight is 262 g/mol. The van der Waals surface area contributed by atoms with E-state index in [4.69, 9.17) is 0 Å². The predicted molar refractivity (Wildman–Crippen MR) is 79.5 cm³/mol. The summed E-state index contributed by atoms with van der Waals surface area (Å²) in [4.78, 5) is 2.55. The molecule has 1 saturated heterocycles. The number of nitrogens with zero attached hydrogens (tertiary/aromatic N) is 1. The van der Waals surface area contributed by atoms with Crippen molar-refractivity contribution in [2.45, 2.75) is 45.2 Å². The molecule has 19 heavy (non-hydrogen) atoms.